The highest BCUT2D eigenvalue weighted by molar-refractivity contribution is 7.53. The number of rotatable bonds is 4. The van der Waals surface area contributed by atoms with Crippen LogP contribution in [0.3, 0.4) is 0 Å². The van der Waals surface area contributed by atoms with Crippen LogP contribution in [0.4, 0.5) is 0 Å². The van der Waals surface area contributed by atoms with E-state index in [-0.39, 0.29) is 23.2 Å². The number of hydrogen-bond acceptors (Lipinski definition) is 6. The third kappa shape index (κ3) is 5.07. The van der Waals surface area contributed by atoms with Crippen molar-refractivity contribution in [2.45, 2.75) is 40.0 Å². The molecule has 0 aliphatic carbocycles. The van der Waals surface area contributed by atoms with Gasteiger partial charge in [0.05, 0.1) is 38.8 Å². The van der Waals surface area contributed by atoms with E-state index in [4.69, 9.17) is 18.1 Å². The zero-order chi connectivity index (χ0) is 19.1. The third-order valence-electron chi connectivity index (χ3n) is 4.45. The fraction of sp³-hybridized carbons (Fsp3) is 0.667. The van der Waals surface area contributed by atoms with Crippen LogP contribution >= 0.6 is 15.2 Å². The second-order valence-electron chi connectivity index (χ2n) is 8.73. The smallest absolute Gasteiger partial charge is 0.308 e. The van der Waals surface area contributed by atoms with Crippen LogP contribution in [0.5, 0.6) is 0 Å². The van der Waals surface area contributed by atoms with Crippen molar-refractivity contribution in [1.82, 2.24) is 0 Å². The molecule has 2 saturated heterocycles. The van der Waals surface area contributed by atoms with Crippen molar-refractivity contribution < 1.29 is 27.2 Å². The summed E-state index contributed by atoms with van der Waals surface area (Å²) in [4.78, 5) is 0. The van der Waals surface area contributed by atoms with Crippen LogP contribution in [-0.2, 0) is 39.5 Å². The molecule has 146 valence electrons. The SMILES string of the molecule is CC1(C)COP(=O)(Cc2ccccc2CP2(=O)OCC(C)(C)CO2)OC1. The Bertz CT molecular complexity index is 667. The first kappa shape index (κ1) is 20.3. The first-order valence-electron chi connectivity index (χ1n) is 8.83. The maximum absolute atomic E-state index is 12.9. The Hall–Kier alpha value is -0.480. The second-order valence-corrected chi connectivity index (χ2v) is 12.8. The Labute approximate surface area is 155 Å². The highest BCUT2D eigenvalue weighted by atomic mass is 31.2. The lowest BCUT2D eigenvalue weighted by molar-refractivity contribution is 0.0401. The van der Waals surface area contributed by atoms with Crippen LogP contribution < -0.4 is 0 Å². The summed E-state index contributed by atoms with van der Waals surface area (Å²) in [5.41, 5.74) is 1.30. The first-order chi connectivity index (χ1) is 12.0. The van der Waals surface area contributed by atoms with Gasteiger partial charge in [0, 0.05) is 10.8 Å². The van der Waals surface area contributed by atoms with E-state index in [0.717, 1.165) is 11.1 Å². The van der Waals surface area contributed by atoms with Gasteiger partial charge in [-0.05, 0) is 11.1 Å². The summed E-state index contributed by atoms with van der Waals surface area (Å²) >= 11 is 0. The summed E-state index contributed by atoms with van der Waals surface area (Å²) in [6.45, 7) is 9.62. The molecule has 2 aliphatic heterocycles. The summed E-state index contributed by atoms with van der Waals surface area (Å²) in [6, 6.07) is 7.45. The fourth-order valence-corrected chi connectivity index (χ4v) is 6.87. The lowest BCUT2D eigenvalue weighted by Crippen LogP contribution is -2.30. The van der Waals surface area contributed by atoms with Crippen LogP contribution in [0, 0.1) is 10.8 Å². The van der Waals surface area contributed by atoms with Crippen molar-refractivity contribution >= 4 is 15.2 Å². The molecule has 1 aromatic rings. The Morgan fingerprint density at radius 3 is 1.35 bits per heavy atom. The molecule has 0 saturated carbocycles. The molecule has 26 heavy (non-hydrogen) atoms. The van der Waals surface area contributed by atoms with Gasteiger partial charge < -0.3 is 18.1 Å². The summed E-state index contributed by atoms with van der Waals surface area (Å²) in [5, 5.41) is 0. The molecular weight excluding hydrogens is 374 g/mol. The molecule has 0 N–H and O–H groups in total. The third-order valence-corrected chi connectivity index (χ3v) is 8.00. The van der Waals surface area contributed by atoms with E-state index in [0.29, 0.717) is 26.4 Å². The molecule has 0 aromatic heterocycles. The lowest BCUT2D eigenvalue weighted by atomic mass is 9.97. The van der Waals surface area contributed by atoms with E-state index < -0.39 is 15.2 Å². The van der Waals surface area contributed by atoms with E-state index in [1.807, 2.05) is 52.0 Å². The normalized spacial score (nSPS) is 26.3. The summed E-state index contributed by atoms with van der Waals surface area (Å²) in [5.74, 6) is 0. The Kier molecular flexibility index (Phi) is 5.58. The van der Waals surface area contributed by atoms with E-state index in [9.17, 15) is 9.13 Å². The van der Waals surface area contributed by atoms with Crippen molar-refractivity contribution in [2.24, 2.45) is 10.8 Å². The van der Waals surface area contributed by atoms with Crippen LogP contribution in [0.2, 0.25) is 0 Å². The average Bonchev–Trinajstić information content (AvgIpc) is 2.56. The molecule has 3 rings (SSSR count). The van der Waals surface area contributed by atoms with E-state index in [1.54, 1.807) is 0 Å². The summed E-state index contributed by atoms with van der Waals surface area (Å²) < 4.78 is 48.2. The second kappa shape index (κ2) is 7.16. The molecule has 2 aliphatic rings. The predicted molar refractivity (Wildman–Crippen MR) is 100 cm³/mol. The Morgan fingerprint density at radius 2 is 1.04 bits per heavy atom. The molecule has 0 radical (unpaired) electrons. The zero-order valence-corrected chi connectivity index (χ0v) is 17.7. The largest absolute Gasteiger partial charge is 0.335 e. The van der Waals surface area contributed by atoms with Crippen molar-refractivity contribution in [3.8, 4) is 0 Å². The molecule has 2 heterocycles. The van der Waals surface area contributed by atoms with Gasteiger partial charge in [-0.3, -0.25) is 9.13 Å². The molecular formula is C18H28O6P2. The lowest BCUT2D eigenvalue weighted by Gasteiger charge is -2.35. The number of hydrogen-bond donors (Lipinski definition) is 0. The minimum atomic E-state index is -3.21. The minimum Gasteiger partial charge on any atom is -0.308 e. The minimum absolute atomic E-state index is 0.144. The standard InChI is InChI=1S/C18H28O6P2/c1-17(2)11-21-25(19,22-12-17)9-15-7-5-6-8-16(15)10-26(20)23-13-18(3,4)14-24-26/h5-8H,9-14H2,1-4H3. The molecule has 0 bridgehead atoms. The van der Waals surface area contributed by atoms with Gasteiger partial charge in [-0.2, -0.15) is 0 Å². The topological polar surface area (TPSA) is 71.1 Å². The Morgan fingerprint density at radius 1 is 0.731 bits per heavy atom. The molecule has 0 spiro atoms. The summed E-state index contributed by atoms with van der Waals surface area (Å²) in [7, 11) is -6.42. The molecule has 2 fully saturated rings. The van der Waals surface area contributed by atoms with Gasteiger partial charge in [-0.25, -0.2) is 0 Å². The van der Waals surface area contributed by atoms with Crippen LogP contribution in [-0.4, -0.2) is 26.4 Å². The monoisotopic (exact) mass is 402 g/mol. The van der Waals surface area contributed by atoms with Crippen LogP contribution in [0.25, 0.3) is 0 Å². The molecule has 8 heteroatoms. The van der Waals surface area contributed by atoms with Gasteiger partial charge >= 0.3 is 15.2 Å². The number of benzene rings is 1. The van der Waals surface area contributed by atoms with Gasteiger partial charge in [0.1, 0.15) is 0 Å². The molecule has 6 nitrogen and oxygen atoms in total. The van der Waals surface area contributed by atoms with E-state index in [2.05, 4.69) is 0 Å². The highest BCUT2D eigenvalue weighted by Gasteiger charge is 2.39. The summed E-state index contributed by atoms with van der Waals surface area (Å²) in [6.07, 6.45) is 0.315. The maximum atomic E-state index is 12.9. The van der Waals surface area contributed by atoms with Gasteiger partial charge in [0.2, 0.25) is 0 Å². The Balaban J connectivity index is 1.73. The first-order valence-corrected chi connectivity index (χ1v) is 12.3. The highest BCUT2D eigenvalue weighted by Crippen LogP contribution is 2.59. The van der Waals surface area contributed by atoms with E-state index >= 15 is 0 Å². The predicted octanol–water partition coefficient (Wildman–Crippen LogP) is 5.22. The van der Waals surface area contributed by atoms with Crippen LogP contribution in [0.15, 0.2) is 24.3 Å². The van der Waals surface area contributed by atoms with Crippen LogP contribution in [0.1, 0.15) is 38.8 Å². The molecule has 1 aromatic carbocycles. The van der Waals surface area contributed by atoms with Crippen molar-refractivity contribution in [3.63, 3.8) is 0 Å². The van der Waals surface area contributed by atoms with E-state index in [1.165, 1.54) is 0 Å². The fourth-order valence-electron chi connectivity index (χ4n) is 2.72. The average molecular weight is 402 g/mol. The van der Waals surface area contributed by atoms with Gasteiger partial charge in [-0.15, -0.1) is 0 Å². The van der Waals surface area contributed by atoms with Crippen molar-refractivity contribution in [1.29, 1.82) is 0 Å². The van der Waals surface area contributed by atoms with Gasteiger partial charge in [0.25, 0.3) is 0 Å². The van der Waals surface area contributed by atoms with Crippen molar-refractivity contribution in [2.75, 3.05) is 26.4 Å². The van der Waals surface area contributed by atoms with Gasteiger partial charge in [-0.1, -0.05) is 52.0 Å². The zero-order valence-electron chi connectivity index (χ0n) is 15.9. The molecule has 0 atom stereocenters. The quantitative estimate of drug-likeness (QED) is 0.643. The van der Waals surface area contributed by atoms with Crippen molar-refractivity contribution in [3.05, 3.63) is 35.4 Å². The molecule has 0 amide bonds. The molecule has 0 unspecified atom stereocenters. The van der Waals surface area contributed by atoms with Gasteiger partial charge in [0.15, 0.2) is 0 Å². The maximum Gasteiger partial charge on any atom is 0.335 e.